The molecule has 1 aromatic heterocycles. The number of halogens is 4. The van der Waals surface area contributed by atoms with E-state index in [1.54, 1.807) is 56.0 Å². The van der Waals surface area contributed by atoms with Crippen molar-refractivity contribution in [3.8, 4) is 0 Å². The van der Waals surface area contributed by atoms with Gasteiger partial charge in [0.2, 0.25) is 0 Å². The highest BCUT2D eigenvalue weighted by Crippen LogP contribution is 2.33. The Morgan fingerprint density at radius 1 is 1.09 bits per heavy atom. The molecule has 14 heteroatoms. The quantitative estimate of drug-likeness (QED) is 0.324. The SMILES string of the molecule is Cc1c(N2CCN[C@@H](CO)C2)c(=O)n(CC(NC(=O)OC(C)(C)C)c2ccccc2)c(=O)n1Cc1c(F)cccc1C(F)(F)F. The van der Waals surface area contributed by atoms with Crippen molar-refractivity contribution < 1.29 is 32.2 Å². The Hall–Kier alpha value is -4.17. The van der Waals surface area contributed by atoms with E-state index in [2.05, 4.69) is 10.6 Å². The lowest BCUT2D eigenvalue weighted by Gasteiger charge is -2.35. The molecule has 0 aliphatic carbocycles. The highest BCUT2D eigenvalue weighted by molar-refractivity contribution is 5.68. The highest BCUT2D eigenvalue weighted by atomic mass is 19.4. The van der Waals surface area contributed by atoms with Gasteiger partial charge in [-0.2, -0.15) is 13.2 Å². The van der Waals surface area contributed by atoms with Gasteiger partial charge in [0.1, 0.15) is 17.1 Å². The van der Waals surface area contributed by atoms with E-state index in [-0.39, 0.29) is 31.1 Å². The molecule has 45 heavy (non-hydrogen) atoms. The van der Waals surface area contributed by atoms with Gasteiger partial charge in [-0.25, -0.2) is 14.0 Å². The van der Waals surface area contributed by atoms with Crippen LogP contribution in [0.1, 0.15) is 49.2 Å². The summed E-state index contributed by atoms with van der Waals surface area (Å²) < 4.78 is 63.9. The Morgan fingerprint density at radius 2 is 1.78 bits per heavy atom. The average molecular weight is 636 g/mol. The molecule has 244 valence electrons. The summed E-state index contributed by atoms with van der Waals surface area (Å²) in [6.07, 6.45) is -5.72. The van der Waals surface area contributed by atoms with Crippen LogP contribution in [0.5, 0.6) is 0 Å². The monoisotopic (exact) mass is 635 g/mol. The number of amides is 1. The van der Waals surface area contributed by atoms with Crippen molar-refractivity contribution in [2.75, 3.05) is 31.1 Å². The first-order valence-electron chi connectivity index (χ1n) is 14.4. The Balaban J connectivity index is 1.91. The van der Waals surface area contributed by atoms with Crippen LogP contribution in [0.15, 0.2) is 58.1 Å². The van der Waals surface area contributed by atoms with Gasteiger partial charge in [-0.3, -0.25) is 13.9 Å². The predicted molar refractivity (Wildman–Crippen MR) is 160 cm³/mol. The Morgan fingerprint density at radius 3 is 2.40 bits per heavy atom. The minimum Gasteiger partial charge on any atom is -0.444 e. The van der Waals surface area contributed by atoms with Gasteiger partial charge in [0.05, 0.1) is 31.3 Å². The standard InChI is InChI=1S/C31H37F4N5O5/c1-19-26(38-14-13-36-21(15-38)18-41)27(42)40(17-25(20-9-6-5-7-10-20)37-28(43)45-30(2,3)4)29(44)39(19)16-22-23(31(33,34)35)11-8-12-24(22)32/h5-12,21,25,36,41H,13-18H2,1-4H3,(H,37,43)/t21-,25?/m1/s1. The predicted octanol–water partition coefficient (Wildman–Crippen LogP) is 3.56. The number of alkyl halides is 3. The molecule has 2 atom stereocenters. The van der Waals surface area contributed by atoms with Crippen LogP contribution >= 0.6 is 0 Å². The second-order valence-electron chi connectivity index (χ2n) is 11.9. The maximum Gasteiger partial charge on any atom is 0.416 e. The fourth-order valence-corrected chi connectivity index (χ4v) is 5.34. The molecule has 3 aromatic rings. The lowest BCUT2D eigenvalue weighted by atomic mass is 10.1. The van der Waals surface area contributed by atoms with E-state index in [9.17, 15) is 37.1 Å². The highest BCUT2D eigenvalue weighted by Gasteiger charge is 2.35. The lowest BCUT2D eigenvalue weighted by Crippen LogP contribution is -2.55. The molecule has 1 saturated heterocycles. The van der Waals surface area contributed by atoms with E-state index in [1.807, 2.05) is 0 Å². The molecule has 4 rings (SSSR count). The first-order chi connectivity index (χ1) is 21.1. The van der Waals surface area contributed by atoms with Crippen molar-refractivity contribution in [3.05, 3.63) is 97.6 Å². The summed E-state index contributed by atoms with van der Waals surface area (Å²) in [5.41, 5.74) is -4.01. The Kier molecular flexibility index (Phi) is 10.1. The summed E-state index contributed by atoms with van der Waals surface area (Å²) in [7, 11) is 0. The molecule has 10 nitrogen and oxygen atoms in total. The number of aliphatic hydroxyl groups excluding tert-OH is 1. The van der Waals surface area contributed by atoms with Gasteiger partial charge in [0.25, 0.3) is 5.56 Å². The number of carbonyl (C=O) groups is 1. The number of anilines is 1. The number of hydrogen-bond donors (Lipinski definition) is 3. The van der Waals surface area contributed by atoms with Crippen molar-refractivity contribution in [3.63, 3.8) is 0 Å². The normalized spacial score (nSPS) is 16.4. The summed E-state index contributed by atoms with van der Waals surface area (Å²) in [6, 6.07) is 9.66. The summed E-state index contributed by atoms with van der Waals surface area (Å²) >= 11 is 0. The van der Waals surface area contributed by atoms with Crippen LogP contribution in [-0.4, -0.2) is 58.2 Å². The maximum absolute atomic E-state index is 15.0. The van der Waals surface area contributed by atoms with Gasteiger partial charge in [-0.05, 0) is 45.4 Å². The van der Waals surface area contributed by atoms with Crippen molar-refractivity contribution in [1.29, 1.82) is 0 Å². The Bertz CT molecular complexity index is 1630. The molecule has 1 amide bonds. The molecular weight excluding hydrogens is 598 g/mol. The van der Waals surface area contributed by atoms with Crippen molar-refractivity contribution in [2.24, 2.45) is 0 Å². The van der Waals surface area contributed by atoms with Gasteiger partial charge >= 0.3 is 18.0 Å². The molecule has 0 radical (unpaired) electrons. The zero-order valence-corrected chi connectivity index (χ0v) is 25.4. The number of ether oxygens (including phenoxy) is 1. The van der Waals surface area contributed by atoms with Crippen LogP contribution < -0.4 is 26.8 Å². The van der Waals surface area contributed by atoms with Crippen molar-refractivity contribution in [2.45, 2.75) is 64.6 Å². The van der Waals surface area contributed by atoms with Gasteiger partial charge in [-0.1, -0.05) is 36.4 Å². The fourth-order valence-electron chi connectivity index (χ4n) is 5.34. The van der Waals surface area contributed by atoms with Crippen LogP contribution in [-0.2, 0) is 24.0 Å². The third kappa shape index (κ3) is 7.92. The molecular formula is C31H37F4N5O5. The van der Waals surface area contributed by atoms with E-state index >= 15 is 0 Å². The number of hydrogen-bond acceptors (Lipinski definition) is 7. The minimum atomic E-state index is -4.91. The largest absolute Gasteiger partial charge is 0.444 e. The summed E-state index contributed by atoms with van der Waals surface area (Å²) in [5.74, 6) is -1.16. The molecule has 1 aliphatic rings. The summed E-state index contributed by atoms with van der Waals surface area (Å²) in [4.78, 5) is 42.6. The van der Waals surface area contributed by atoms with Crippen LogP contribution in [0.25, 0.3) is 0 Å². The van der Waals surface area contributed by atoms with Crippen LogP contribution in [0, 0.1) is 12.7 Å². The van der Waals surface area contributed by atoms with Crippen LogP contribution in [0.4, 0.5) is 28.0 Å². The van der Waals surface area contributed by atoms with E-state index < -0.39 is 71.2 Å². The average Bonchev–Trinajstić information content (AvgIpc) is 2.96. The number of carbonyl (C=O) groups excluding carboxylic acids is 1. The topological polar surface area (TPSA) is 118 Å². The van der Waals surface area contributed by atoms with Gasteiger partial charge in [0, 0.05) is 36.9 Å². The number of aliphatic hydroxyl groups is 1. The second-order valence-corrected chi connectivity index (χ2v) is 11.9. The molecule has 1 unspecified atom stereocenters. The van der Waals surface area contributed by atoms with Crippen molar-refractivity contribution >= 4 is 11.8 Å². The molecule has 0 bridgehead atoms. The molecule has 2 heterocycles. The molecule has 1 aliphatic heterocycles. The lowest BCUT2D eigenvalue weighted by molar-refractivity contribution is -0.138. The zero-order valence-electron chi connectivity index (χ0n) is 25.4. The minimum absolute atomic E-state index is 0.0172. The smallest absolute Gasteiger partial charge is 0.416 e. The van der Waals surface area contributed by atoms with E-state index in [1.165, 1.54) is 6.92 Å². The van der Waals surface area contributed by atoms with Crippen LogP contribution in [0.3, 0.4) is 0 Å². The van der Waals surface area contributed by atoms with Crippen molar-refractivity contribution in [1.82, 2.24) is 19.8 Å². The number of nitrogens with one attached hydrogen (secondary N) is 2. The van der Waals surface area contributed by atoms with Gasteiger partial charge < -0.3 is 25.4 Å². The number of rotatable bonds is 8. The van der Waals surface area contributed by atoms with E-state index in [0.29, 0.717) is 12.1 Å². The third-order valence-corrected chi connectivity index (χ3v) is 7.45. The van der Waals surface area contributed by atoms with E-state index in [4.69, 9.17) is 4.74 Å². The molecule has 2 aromatic carbocycles. The summed E-state index contributed by atoms with van der Waals surface area (Å²) in [5, 5.41) is 15.6. The third-order valence-electron chi connectivity index (χ3n) is 7.45. The fraction of sp³-hybridized carbons (Fsp3) is 0.452. The molecule has 1 fully saturated rings. The molecule has 0 spiro atoms. The number of nitrogens with zero attached hydrogens (tertiary/aromatic N) is 3. The van der Waals surface area contributed by atoms with E-state index in [0.717, 1.165) is 27.3 Å². The number of piperazine rings is 1. The van der Waals surface area contributed by atoms with Gasteiger partial charge in [0.15, 0.2) is 0 Å². The van der Waals surface area contributed by atoms with Crippen LogP contribution in [0.2, 0.25) is 0 Å². The molecule has 0 saturated carbocycles. The number of alkyl carbamates (subject to hydrolysis) is 1. The second kappa shape index (κ2) is 13.4. The number of aromatic nitrogens is 2. The number of benzene rings is 2. The first kappa shape index (κ1) is 33.7. The molecule has 3 N–H and O–H groups in total. The maximum atomic E-state index is 15.0. The van der Waals surface area contributed by atoms with Gasteiger partial charge in [-0.15, -0.1) is 0 Å². The zero-order chi connectivity index (χ0) is 33.1. The summed E-state index contributed by atoms with van der Waals surface area (Å²) in [6.45, 7) is 5.79. The Labute approximate surface area is 257 Å². The first-order valence-corrected chi connectivity index (χ1v) is 14.4.